The quantitative estimate of drug-likeness (QED) is 0.757. The van der Waals surface area contributed by atoms with E-state index in [9.17, 15) is 13.2 Å². The van der Waals surface area contributed by atoms with Crippen LogP contribution in [0.4, 0.5) is 5.69 Å². The second kappa shape index (κ2) is 9.06. The van der Waals surface area contributed by atoms with Crippen LogP contribution in [0.25, 0.3) is 0 Å². The van der Waals surface area contributed by atoms with Gasteiger partial charge in [0.2, 0.25) is 15.9 Å². The molecular formula is C22H28N2O5S. The molecule has 1 amide bonds. The van der Waals surface area contributed by atoms with Gasteiger partial charge in [-0.1, -0.05) is 12.1 Å². The van der Waals surface area contributed by atoms with Gasteiger partial charge in [-0.3, -0.25) is 4.79 Å². The van der Waals surface area contributed by atoms with Crippen molar-refractivity contribution in [3.8, 4) is 11.5 Å². The molecule has 2 aromatic carbocycles. The maximum Gasteiger partial charge on any atom is 0.246 e. The Balaban J connectivity index is 1.81. The molecule has 1 heterocycles. The third kappa shape index (κ3) is 4.44. The van der Waals surface area contributed by atoms with Crippen LogP contribution in [0.5, 0.6) is 11.5 Å². The lowest BCUT2D eigenvalue weighted by Crippen LogP contribution is -2.43. The van der Waals surface area contributed by atoms with Crippen LogP contribution in [0.15, 0.2) is 41.3 Å². The second-order valence-electron chi connectivity index (χ2n) is 7.46. The van der Waals surface area contributed by atoms with E-state index in [-0.39, 0.29) is 23.1 Å². The molecule has 7 nitrogen and oxygen atoms in total. The Morgan fingerprint density at radius 3 is 2.60 bits per heavy atom. The molecule has 3 rings (SSSR count). The summed E-state index contributed by atoms with van der Waals surface area (Å²) in [5, 5.41) is 2.97. The lowest BCUT2D eigenvalue weighted by Gasteiger charge is -2.31. The molecular weight excluding hydrogens is 404 g/mol. The molecule has 1 atom stereocenters. The molecule has 2 aromatic rings. The summed E-state index contributed by atoms with van der Waals surface area (Å²) in [4.78, 5) is 12.9. The summed E-state index contributed by atoms with van der Waals surface area (Å²) in [6, 6.07) is 10.4. The molecule has 1 fully saturated rings. The van der Waals surface area contributed by atoms with Crippen molar-refractivity contribution < 1.29 is 22.7 Å². The summed E-state index contributed by atoms with van der Waals surface area (Å²) in [7, 11) is -0.936. The van der Waals surface area contributed by atoms with Gasteiger partial charge in [0, 0.05) is 24.8 Å². The maximum atomic E-state index is 13.3. The van der Waals surface area contributed by atoms with E-state index >= 15 is 0 Å². The molecule has 1 N–H and O–H groups in total. The van der Waals surface area contributed by atoms with Gasteiger partial charge in [-0.25, -0.2) is 8.42 Å². The number of carbonyl (C=O) groups is 1. The molecule has 1 saturated heterocycles. The number of rotatable bonds is 6. The van der Waals surface area contributed by atoms with E-state index in [1.807, 2.05) is 32.0 Å². The highest BCUT2D eigenvalue weighted by Gasteiger charge is 2.35. The largest absolute Gasteiger partial charge is 0.497 e. The van der Waals surface area contributed by atoms with Gasteiger partial charge in [-0.05, 0) is 56.0 Å². The monoisotopic (exact) mass is 432 g/mol. The third-order valence-corrected chi connectivity index (χ3v) is 7.49. The van der Waals surface area contributed by atoms with Crippen LogP contribution in [-0.2, 0) is 14.8 Å². The number of hydrogen-bond acceptors (Lipinski definition) is 5. The average molecular weight is 433 g/mol. The Labute approximate surface area is 178 Å². The van der Waals surface area contributed by atoms with Crippen molar-refractivity contribution >= 4 is 21.6 Å². The number of hydrogen-bond donors (Lipinski definition) is 1. The van der Waals surface area contributed by atoms with Crippen LogP contribution in [0, 0.1) is 19.8 Å². The molecule has 0 aromatic heterocycles. The summed E-state index contributed by atoms with van der Waals surface area (Å²) >= 11 is 0. The first-order chi connectivity index (χ1) is 14.3. The molecule has 8 heteroatoms. The molecule has 0 bridgehead atoms. The summed E-state index contributed by atoms with van der Waals surface area (Å²) in [5.74, 6) is 0.0830. The molecule has 0 aliphatic carbocycles. The van der Waals surface area contributed by atoms with E-state index in [2.05, 4.69) is 5.32 Å². The number of methoxy groups -OCH3 is 2. The van der Waals surface area contributed by atoms with Crippen LogP contribution < -0.4 is 14.8 Å². The highest BCUT2D eigenvalue weighted by molar-refractivity contribution is 7.89. The zero-order valence-electron chi connectivity index (χ0n) is 17.8. The molecule has 30 heavy (non-hydrogen) atoms. The normalized spacial score (nSPS) is 17.4. The SMILES string of the molecule is COc1ccc(OC)c(S(=O)(=O)N2CCC[C@@H](C(=O)Nc3cccc(C)c3C)C2)c1. The zero-order valence-corrected chi connectivity index (χ0v) is 18.6. The van der Waals surface area contributed by atoms with Crippen molar-refractivity contribution in [2.75, 3.05) is 32.6 Å². The fourth-order valence-corrected chi connectivity index (χ4v) is 5.32. The van der Waals surface area contributed by atoms with E-state index < -0.39 is 15.9 Å². The summed E-state index contributed by atoms with van der Waals surface area (Å²) in [5.41, 5.74) is 2.85. The molecule has 0 saturated carbocycles. The smallest absolute Gasteiger partial charge is 0.246 e. The third-order valence-electron chi connectivity index (χ3n) is 5.61. The van der Waals surface area contributed by atoms with Gasteiger partial charge in [0.1, 0.15) is 16.4 Å². The Bertz CT molecular complexity index is 1040. The van der Waals surface area contributed by atoms with Crippen LogP contribution in [0.2, 0.25) is 0 Å². The topological polar surface area (TPSA) is 84.9 Å². The first-order valence-electron chi connectivity index (χ1n) is 9.87. The number of sulfonamides is 1. The number of anilines is 1. The lowest BCUT2D eigenvalue weighted by atomic mass is 9.98. The van der Waals surface area contributed by atoms with E-state index in [1.54, 1.807) is 12.1 Å². The molecule has 0 unspecified atom stereocenters. The Morgan fingerprint density at radius 2 is 1.90 bits per heavy atom. The van der Waals surface area contributed by atoms with Gasteiger partial charge in [0.15, 0.2) is 0 Å². The van der Waals surface area contributed by atoms with E-state index in [0.29, 0.717) is 25.1 Å². The van der Waals surface area contributed by atoms with Gasteiger partial charge in [-0.15, -0.1) is 0 Å². The summed E-state index contributed by atoms with van der Waals surface area (Å²) < 4.78 is 38.4. The fraction of sp³-hybridized carbons (Fsp3) is 0.409. The molecule has 162 valence electrons. The molecule has 1 aliphatic rings. The Hall–Kier alpha value is -2.58. The fourth-order valence-electron chi connectivity index (χ4n) is 3.62. The highest BCUT2D eigenvalue weighted by Crippen LogP contribution is 2.33. The number of nitrogens with zero attached hydrogens (tertiary/aromatic N) is 1. The van der Waals surface area contributed by atoms with E-state index in [0.717, 1.165) is 16.8 Å². The van der Waals surface area contributed by atoms with Gasteiger partial charge in [-0.2, -0.15) is 4.31 Å². The minimum absolute atomic E-state index is 0.0416. The molecule has 1 aliphatic heterocycles. The predicted molar refractivity (Wildman–Crippen MR) is 116 cm³/mol. The molecule has 0 radical (unpaired) electrons. The number of aryl methyl sites for hydroxylation is 1. The highest BCUT2D eigenvalue weighted by atomic mass is 32.2. The van der Waals surface area contributed by atoms with Gasteiger partial charge >= 0.3 is 0 Å². The van der Waals surface area contributed by atoms with Crippen molar-refractivity contribution in [1.29, 1.82) is 0 Å². The average Bonchev–Trinajstić information content (AvgIpc) is 2.76. The van der Waals surface area contributed by atoms with Crippen molar-refractivity contribution in [2.24, 2.45) is 5.92 Å². The van der Waals surface area contributed by atoms with Gasteiger partial charge in [0.25, 0.3) is 0 Å². The zero-order chi connectivity index (χ0) is 21.9. The summed E-state index contributed by atoms with van der Waals surface area (Å²) in [6.45, 7) is 4.43. The predicted octanol–water partition coefficient (Wildman–Crippen LogP) is 3.36. The first-order valence-corrected chi connectivity index (χ1v) is 11.3. The standard InChI is InChI=1S/C22H28N2O5S/c1-15-7-5-9-19(16(15)2)23-22(25)17-8-6-12-24(14-17)30(26,27)21-13-18(28-3)10-11-20(21)29-4/h5,7,9-11,13,17H,6,8,12,14H2,1-4H3,(H,23,25)/t17-/m1/s1. The van der Waals surface area contributed by atoms with Crippen molar-refractivity contribution in [2.45, 2.75) is 31.6 Å². The maximum absolute atomic E-state index is 13.3. The number of nitrogens with one attached hydrogen (secondary N) is 1. The van der Waals surface area contributed by atoms with E-state index in [4.69, 9.17) is 9.47 Å². The van der Waals surface area contributed by atoms with Crippen molar-refractivity contribution in [3.63, 3.8) is 0 Å². The minimum atomic E-state index is -3.84. The number of carbonyl (C=O) groups excluding carboxylic acids is 1. The number of piperidine rings is 1. The van der Waals surface area contributed by atoms with Crippen LogP contribution in [0.1, 0.15) is 24.0 Å². The Kier molecular flexibility index (Phi) is 6.67. The van der Waals surface area contributed by atoms with Crippen molar-refractivity contribution in [3.05, 3.63) is 47.5 Å². The minimum Gasteiger partial charge on any atom is -0.497 e. The van der Waals surface area contributed by atoms with Gasteiger partial charge < -0.3 is 14.8 Å². The molecule has 0 spiro atoms. The number of amides is 1. The van der Waals surface area contributed by atoms with Crippen LogP contribution in [0.3, 0.4) is 0 Å². The van der Waals surface area contributed by atoms with Crippen LogP contribution in [-0.4, -0.2) is 45.9 Å². The number of benzene rings is 2. The van der Waals surface area contributed by atoms with Crippen molar-refractivity contribution in [1.82, 2.24) is 4.31 Å². The van der Waals surface area contributed by atoms with E-state index in [1.165, 1.54) is 24.6 Å². The number of ether oxygens (including phenoxy) is 2. The lowest BCUT2D eigenvalue weighted by molar-refractivity contribution is -0.120. The second-order valence-corrected chi connectivity index (χ2v) is 9.36. The summed E-state index contributed by atoms with van der Waals surface area (Å²) in [6.07, 6.45) is 1.24. The van der Waals surface area contributed by atoms with Gasteiger partial charge in [0.05, 0.1) is 20.1 Å². The first kappa shape index (κ1) is 22.1. The Morgan fingerprint density at radius 1 is 1.13 bits per heavy atom. The van der Waals surface area contributed by atoms with Crippen LogP contribution >= 0.6 is 0 Å².